The van der Waals surface area contributed by atoms with Crippen molar-refractivity contribution in [3.63, 3.8) is 0 Å². The fourth-order valence-electron chi connectivity index (χ4n) is 3.76. The quantitative estimate of drug-likeness (QED) is 0.601. The monoisotopic (exact) mass is 287 g/mol. The molecule has 1 nitrogen and oxygen atoms in total. The summed E-state index contributed by atoms with van der Waals surface area (Å²) >= 11 is 0. The zero-order valence-electron chi connectivity index (χ0n) is 13.8. The van der Waals surface area contributed by atoms with Crippen LogP contribution in [0, 0.1) is 0 Å². The lowest BCUT2D eigenvalue weighted by Gasteiger charge is -2.37. The number of nitrogens with two attached hydrogens (primary N) is 1. The SMILES string of the molecule is CCCCCCCCC1(N)CCC(c2ccccc2)CC1. The lowest BCUT2D eigenvalue weighted by Crippen LogP contribution is -2.42. The second-order valence-corrected chi connectivity index (χ2v) is 7.07. The van der Waals surface area contributed by atoms with Gasteiger partial charge in [-0.15, -0.1) is 0 Å². The Labute approximate surface area is 131 Å². The molecule has 0 saturated heterocycles. The average molecular weight is 287 g/mol. The van der Waals surface area contributed by atoms with Gasteiger partial charge in [-0.05, 0) is 43.6 Å². The molecule has 0 bridgehead atoms. The molecule has 0 unspecified atom stereocenters. The minimum atomic E-state index is 0.135. The fourth-order valence-corrected chi connectivity index (χ4v) is 3.76. The molecule has 1 saturated carbocycles. The number of rotatable bonds is 8. The molecule has 2 rings (SSSR count). The highest BCUT2D eigenvalue weighted by atomic mass is 14.7. The molecule has 1 aromatic rings. The van der Waals surface area contributed by atoms with E-state index in [0.717, 1.165) is 5.92 Å². The van der Waals surface area contributed by atoms with E-state index in [9.17, 15) is 0 Å². The van der Waals surface area contributed by atoms with Gasteiger partial charge < -0.3 is 5.73 Å². The topological polar surface area (TPSA) is 26.0 Å². The van der Waals surface area contributed by atoms with Crippen molar-refractivity contribution >= 4 is 0 Å². The summed E-state index contributed by atoms with van der Waals surface area (Å²) in [6.07, 6.45) is 14.4. The Bertz CT molecular complexity index is 376. The normalized spacial score (nSPS) is 25.9. The second-order valence-electron chi connectivity index (χ2n) is 7.07. The molecular formula is C20H33N. The van der Waals surface area contributed by atoms with Crippen molar-refractivity contribution in [3.05, 3.63) is 35.9 Å². The molecule has 0 atom stereocenters. The number of benzene rings is 1. The maximum atomic E-state index is 6.64. The molecule has 1 fully saturated rings. The van der Waals surface area contributed by atoms with Gasteiger partial charge in [-0.25, -0.2) is 0 Å². The summed E-state index contributed by atoms with van der Waals surface area (Å²) in [6, 6.07) is 11.0. The largest absolute Gasteiger partial charge is 0.325 e. The molecule has 1 aliphatic carbocycles. The highest BCUT2D eigenvalue weighted by molar-refractivity contribution is 5.20. The van der Waals surface area contributed by atoms with E-state index < -0.39 is 0 Å². The first kappa shape index (κ1) is 16.5. The second kappa shape index (κ2) is 8.58. The van der Waals surface area contributed by atoms with Crippen molar-refractivity contribution in [2.45, 2.75) is 89.0 Å². The molecular weight excluding hydrogens is 254 g/mol. The number of hydrogen-bond donors (Lipinski definition) is 1. The summed E-state index contributed by atoms with van der Waals surface area (Å²) < 4.78 is 0. The van der Waals surface area contributed by atoms with E-state index in [1.807, 2.05) is 0 Å². The molecule has 0 aromatic heterocycles. The average Bonchev–Trinajstić information content (AvgIpc) is 2.52. The van der Waals surface area contributed by atoms with Crippen LogP contribution in [0.4, 0.5) is 0 Å². The standard InChI is InChI=1S/C20H33N/c1-2-3-4-5-6-10-15-20(21)16-13-19(14-17-20)18-11-8-7-9-12-18/h7-9,11-12,19H,2-6,10,13-17,21H2,1H3. The van der Waals surface area contributed by atoms with Crippen LogP contribution in [0.15, 0.2) is 30.3 Å². The van der Waals surface area contributed by atoms with Crippen molar-refractivity contribution in [2.24, 2.45) is 5.73 Å². The van der Waals surface area contributed by atoms with Crippen LogP contribution in [0.5, 0.6) is 0 Å². The van der Waals surface area contributed by atoms with Gasteiger partial charge >= 0.3 is 0 Å². The van der Waals surface area contributed by atoms with Gasteiger partial charge in [0.2, 0.25) is 0 Å². The van der Waals surface area contributed by atoms with Crippen molar-refractivity contribution in [1.29, 1.82) is 0 Å². The molecule has 0 aliphatic heterocycles. The van der Waals surface area contributed by atoms with Gasteiger partial charge in [0.05, 0.1) is 0 Å². The molecule has 21 heavy (non-hydrogen) atoms. The third-order valence-corrected chi connectivity index (χ3v) is 5.28. The summed E-state index contributed by atoms with van der Waals surface area (Å²) in [5, 5.41) is 0. The molecule has 2 N–H and O–H groups in total. The summed E-state index contributed by atoms with van der Waals surface area (Å²) in [5.41, 5.74) is 8.29. The predicted molar refractivity (Wildman–Crippen MR) is 92.6 cm³/mol. The molecule has 0 spiro atoms. The zero-order valence-corrected chi connectivity index (χ0v) is 13.8. The van der Waals surface area contributed by atoms with Crippen LogP contribution < -0.4 is 5.73 Å². The minimum Gasteiger partial charge on any atom is -0.325 e. The summed E-state index contributed by atoms with van der Waals surface area (Å²) in [7, 11) is 0. The Balaban J connectivity index is 1.67. The fraction of sp³-hybridized carbons (Fsp3) is 0.700. The van der Waals surface area contributed by atoms with Crippen LogP contribution in [0.1, 0.15) is 89.0 Å². The highest BCUT2D eigenvalue weighted by Gasteiger charge is 2.31. The Morgan fingerprint density at radius 1 is 0.952 bits per heavy atom. The van der Waals surface area contributed by atoms with Crippen LogP contribution in [0.3, 0.4) is 0 Å². The summed E-state index contributed by atoms with van der Waals surface area (Å²) in [5.74, 6) is 0.743. The third kappa shape index (κ3) is 5.47. The molecule has 1 aromatic carbocycles. The number of unbranched alkanes of at least 4 members (excludes halogenated alkanes) is 5. The van der Waals surface area contributed by atoms with Crippen LogP contribution in [0.2, 0.25) is 0 Å². The third-order valence-electron chi connectivity index (χ3n) is 5.28. The minimum absolute atomic E-state index is 0.135. The molecule has 0 radical (unpaired) electrons. The van der Waals surface area contributed by atoms with E-state index in [2.05, 4.69) is 37.3 Å². The van der Waals surface area contributed by atoms with E-state index in [1.54, 1.807) is 0 Å². The van der Waals surface area contributed by atoms with Gasteiger partial charge in [0.15, 0.2) is 0 Å². The van der Waals surface area contributed by atoms with Gasteiger partial charge in [0.1, 0.15) is 0 Å². The Morgan fingerprint density at radius 3 is 2.24 bits per heavy atom. The first-order valence-corrected chi connectivity index (χ1v) is 9.07. The molecule has 1 aliphatic rings. The van der Waals surface area contributed by atoms with Crippen LogP contribution in [0.25, 0.3) is 0 Å². The van der Waals surface area contributed by atoms with E-state index >= 15 is 0 Å². The highest BCUT2D eigenvalue weighted by Crippen LogP contribution is 2.38. The first-order valence-electron chi connectivity index (χ1n) is 9.07. The lowest BCUT2D eigenvalue weighted by atomic mass is 9.72. The van der Waals surface area contributed by atoms with Gasteiger partial charge in [0.25, 0.3) is 0 Å². The zero-order chi connectivity index (χ0) is 15.0. The summed E-state index contributed by atoms with van der Waals surface area (Å²) in [6.45, 7) is 2.28. The van der Waals surface area contributed by atoms with E-state index in [0.29, 0.717) is 0 Å². The van der Waals surface area contributed by atoms with Gasteiger partial charge in [-0.1, -0.05) is 75.8 Å². The van der Waals surface area contributed by atoms with Crippen molar-refractivity contribution in [2.75, 3.05) is 0 Å². The summed E-state index contributed by atoms with van der Waals surface area (Å²) in [4.78, 5) is 0. The van der Waals surface area contributed by atoms with Crippen LogP contribution in [-0.4, -0.2) is 5.54 Å². The number of hydrogen-bond acceptors (Lipinski definition) is 1. The van der Waals surface area contributed by atoms with Crippen molar-refractivity contribution in [3.8, 4) is 0 Å². The van der Waals surface area contributed by atoms with Gasteiger partial charge in [-0.3, -0.25) is 0 Å². The van der Waals surface area contributed by atoms with Gasteiger partial charge in [-0.2, -0.15) is 0 Å². The smallest absolute Gasteiger partial charge is 0.0154 e. The molecule has 118 valence electrons. The Kier molecular flexibility index (Phi) is 6.76. The first-order chi connectivity index (χ1) is 10.2. The van der Waals surface area contributed by atoms with Crippen LogP contribution in [-0.2, 0) is 0 Å². The van der Waals surface area contributed by atoms with Crippen molar-refractivity contribution < 1.29 is 0 Å². The molecule has 0 heterocycles. The van der Waals surface area contributed by atoms with Crippen molar-refractivity contribution in [1.82, 2.24) is 0 Å². The maximum Gasteiger partial charge on any atom is 0.0154 e. The van der Waals surface area contributed by atoms with E-state index in [4.69, 9.17) is 5.73 Å². The van der Waals surface area contributed by atoms with Crippen LogP contribution >= 0.6 is 0 Å². The van der Waals surface area contributed by atoms with E-state index in [1.165, 1.54) is 76.2 Å². The molecule has 1 heteroatoms. The molecule has 0 amide bonds. The van der Waals surface area contributed by atoms with Gasteiger partial charge in [0, 0.05) is 5.54 Å². The lowest BCUT2D eigenvalue weighted by molar-refractivity contribution is 0.250. The Morgan fingerprint density at radius 2 is 1.57 bits per heavy atom. The Hall–Kier alpha value is -0.820. The van der Waals surface area contributed by atoms with E-state index in [-0.39, 0.29) is 5.54 Å². The predicted octanol–water partition coefficient (Wildman–Crippen LogP) is 5.79. The maximum absolute atomic E-state index is 6.64.